The third kappa shape index (κ3) is 7.19. The van der Waals surface area contributed by atoms with Crippen LogP contribution < -0.4 is 16.0 Å². The molecule has 1 saturated carbocycles. The van der Waals surface area contributed by atoms with Crippen LogP contribution in [0.3, 0.4) is 0 Å². The van der Waals surface area contributed by atoms with E-state index in [4.69, 9.17) is 0 Å². The molecule has 2 aliphatic heterocycles. The standard InChI is InChI=1S/C23H30F6N4O6/c1-21(2,22(24,25)26)32-19(37)20(38)33-9-12-4-3-5-13(12)16(33)18(36)31-14(8-11-6-7-30-17(11)35)15(34)10-39-23(27,28)29/h11-14,16H,3-10H2,1-2H3,(H,30,35)(H,31,36)(H,32,37)/t11-,12-,13-,14?,16-/m0/s1. The van der Waals surface area contributed by atoms with Gasteiger partial charge in [-0.1, -0.05) is 6.42 Å². The summed E-state index contributed by atoms with van der Waals surface area (Å²) in [6.07, 6.45) is -8.35. The molecule has 3 aliphatic rings. The van der Waals surface area contributed by atoms with Gasteiger partial charge >= 0.3 is 24.4 Å². The van der Waals surface area contributed by atoms with Crippen LogP contribution in [0.5, 0.6) is 0 Å². The van der Waals surface area contributed by atoms with Gasteiger partial charge in [0.25, 0.3) is 0 Å². The van der Waals surface area contributed by atoms with Crippen LogP contribution in [-0.4, -0.2) is 84.2 Å². The maximum absolute atomic E-state index is 13.4. The quantitative estimate of drug-likeness (QED) is 0.296. The van der Waals surface area contributed by atoms with Crippen molar-refractivity contribution >= 4 is 29.4 Å². The molecule has 16 heteroatoms. The minimum absolute atomic E-state index is 0.0950. The molecule has 0 bridgehead atoms. The molecular weight excluding hydrogens is 542 g/mol. The first-order valence-corrected chi connectivity index (χ1v) is 12.4. The summed E-state index contributed by atoms with van der Waals surface area (Å²) < 4.78 is 80.9. The van der Waals surface area contributed by atoms with Gasteiger partial charge in [-0.3, -0.25) is 28.7 Å². The number of halogens is 6. The van der Waals surface area contributed by atoms with E-state index in [0.717, 1.165) is 4.90 Å². The van der Waals surface area contributed by atoms with Crippen LogP contribution >= 0.6 is 0 Å². The van der Waals surface area contributed by atoms with Crippen molar-refractivity contribution in [3.63, 3.8) is 0 Å². The molecule has 1 unspecified atom stereocenters. The van der Waals surface area contributed by atoms with Gasteiger partial charge < -0.3 is 20.9 Å². The smallest absolute Gasteiger partial charge is 0.356 e. The summed E-state index contributed by atoms with van der Waals surface area (Å²) in [6, 6.07) is -2.93. The molecule has 10 nitrogen and oxygen atoms in total. The summed E-state index contributed by atoms with van der Waals surface area (Å²) in [6.45, 7) is 0.0772. The van der Waals surface area contributed by atoms with E-state index in [2.05, 4.69) is 15.4 Å². The first-order chi connectivity index (χ1) is 17.9. The number of carbonyl (C=O) groups is 5. The second kappa shape index (κ2) is 11.3. The maximum atomic E-state index is 13.4. The van der Waals surface area contributed by atoms with E-state index in [1.807, 2.05) is 0 Å². The van der Waals surface area contributed by atoms with Crippen LogP contribution in [-0.2, 0) is 28.7 Å². The molecule has 0 aromatic carbocycles. The fraction of sp³-hybridized carbons (Fsp3) is 0.783. The lowest BCUT2D eigenvalue weighted by atomic mass is 9.92. The molecule has 4 amide bonds. The number of fused-ring (bicyclic) bond motifs is 1. The molecule has 0 spiro atoms. The molecular formula is C23H30F6N4O6. The lowest BCUT2D eigenvalue weighted by Crippen LogP contribution is -2.60. The Morgan fingerprint density at radius 2 is 1.74 bits per heavy atom. The summed E-state index contributed by atoms with van der Waals surface area (Å²) in [5, 5.41) is 6.48. The second-order valence-corrected chi connectivity index (χ2v) is 10.6. The predicted octanol–water partition coefficient (Wildman–Crippen LogP) is 1.19. The van der Waals surface area contributed by atoms with Gasteiger partial charge in [0, 0.05) is 19.0 Å². The number of hydrogen-bond donors (Lipinski definition) is 3. The fourth-order valence-corrected chi connectivity index (χ4v) is 5.32. The zero-order chi connectivity index (χ0) is 29.3. The maximum Gasteiger partial charge on any atom is 0.522 e. The van der Waals surface area contributed by atoms with Crippen LogP contribution in [0.1, 0.15) is 46.0 Å². The van der Waals surface area contributed by atoms with Crippen molar-refractivity contribution < 1.29 is 55.1 Å². The molecule has 0 radical (unpaired) electrons. The van der Waals surface area contributed by atoms with Crippen LogP contribution in [0.15, 0.2) is 0 Å². The molecule has 2 saturated heterocycles. The number of ether oxygens (including phenoxy) is 1. The topological polar surface area (TPSA) is 134 Å². The molecule has 220 valence electrons. The molecule has 2 heterocycles. The van der Waals surface area contributed by atoms with E-state index in [0.29, 0.717) is 33.1 Å². The van der Waals surface area contributed by atoms with Gasteiger partial charge in [0.15, 0.2) is 5.78 Å². The Labute approximate surface area is 219 Å². The number of rotatable bonds is 8. The van der Waals surface area contributed by atoms with Gasteiger partial charge in [-0.15, -0.1) is 13.2 Å². The Hall–Kier alpha value is -2.91. The van der Waals surface area contributed by atoms with E-state index in [1.54, 1.807) is 5.32 Å². The van der Waals surface area contributed by atoms with Crippen molar-refractivity contribution in [2.75, 3.05) is 19.7 Å². The monoisotopic (exact) mass is 572 g/mol. The summed E-state index contributed by atoms with van der Waals surface area (Å²) in [7, 11) is 0. The Balaban J connectivity index is 1.80. The highest BCUT2D eigenvalue weighted by atomic mass is 19.4. The summed E-state index contributed by atoms with van der Waals surface area (Å²) >= 11 is 0. The Morgan fingerprint density at radius 3 is 2.31 bits per heavy atom. The van der Waals surface area contributed by atoms with Gasteiger partial charge in [0.2, 0.25) is 11.8 Å². The summed E-state index contributed by atoms with van der Waals surface area (Å²) in [4.78, 5) is 64.3. The van der Waals surface area contributed by atoms with E-state index in [9.17, 15) is 50.3 Å². The highest BCUT2D eigenvalue weighted by molar-refractivity contribution is 6.35. The molecule has 3 fully saturated rings. The van der Waals surface area contributed by atoms with Gasteiger partial charge in [0.05, 0.1) is 6.04 Å². The lowest BCUT2D eigenvalue weighted by Gasteiger charge is -2.31. The van der Waals surface area contributed by atoms with Crippen molar-refractivity contribution in [3.05, 3.63) is 0 Å². The third-order valence-corrected chi connectivity index (χ3v) is 7.52. The Morgan fingerprint density at radius 1 is 1.08 bits per heavy atom. The molecule has 0 aromatic heterocycles. The van der Waals surface area contributed by atoms with E-state index < -0.39 is 78.0 Å². The average Bonchev–Trinajstić information content (AvgIpc) is 3.51. The Kier molecular flexibility index (Phi) is 8.87. The van der Waals surface area contributed by atoms with Crippen LogP contribution in [0.4, 0.5) is 26.3 Å². The molecule has 3 rings (SSSR count). The van der Waals surface area contributed by atoms with Crippen LogP contribution in [0.2, 0.25) is 0 Å². The van der Waals surface area contributed by atoms with Crippen molar-refractivity contribution in [1.82, 2.24) is 20.9 Å². The third-order valence-electron chi connectivity index (χ3n) is 7.52. The molecule has 39 heavy (non-hydrogen) atoms. The number of alkyl halides is 6. The van der Waals surface area contributed by atoms with Crippen LogP contribution in [0.25, 0.3) is 0 Å². The van der Waals surface area contributed by atoms with Gasteiger partial charge in [0.1, 0.15) is 18.2 Å². The minimum Gasteiger partial charge on any atom is -0.356 e. The number of nitrogens with one attached hydrogen (secondary N) is 3. The number of hydrogen-bond acceptors (Lipinski definition) is 6. The fourth-order valence-electron chi connectivity index (χ4n) is 5.32. The zero-order valence-electron chi connectivity index (χ0n) is 21.2. The normalized spacial score (nSPS) is 26.2. The van der Waals surface area contributed by atoms with Crippen LogP contribution in [0, 0.1) is 17.8 Å². The highest BCUT2D eigenvalue weighted by Crippen LogP contribution is 2.42. The predicted molar refractivity (Wildman–Crippen MR) is 119 cm³/mol. The first-order valence-electron chi connectivity index (χ1n) is 12.4. The number of Topliss-reactive ketones (excluding diaryl/α,β-unsaturated/α-hetero) is 1. The van der Waals surface area contributed by atoms with E-state index in [-0.39, 0.29) is 31.8 Å². The number of amides is 4. The molecule has 5 atom stereocenters. The molecule has 0 aromatic rings. The van der Waals surface area contributed by atoms with Gasteiger partial charge in [-0.05, 0) is 51.4 Å². The summed E-state index contributed by atoms with van der Waals surface area (Å²) in [5.74, 6) is -7.01. The van der Waals surface area contributed by atoms with E-state index in [1.165, 1.54) is 0 Å². The lowest BCUT2D eigenvalue weighted by molar-refractivity contribution is -0.321. The van der Waals surface area contributed by atoms with Crippen molar-refractivity contribution in [2.45, 2.75) is 76.1 Å². The SMILES string of the molecule is CC(C)(NC(=O)C(=O)N1C[C@@H]2CCC[C@@H]2[C@H]1C(=O)NC(C[C@@H]1CCNC1=O)C(=O)COC(F)(F)F)C(F)(F)F. The minimum atomic E-state index is -5.13. The number of nitrogens with zero attached hydrogens (tertiary/aromatic N) is 1. The average molecular weight is 573 g/mol. The molecule has 3 N–H and O–H groups in total. The van der Waals surface area contributed by atoms with Gasteiger partial charge in [-0.25, -0.2) is 0 Å². The number of likely N-dealkylation sites (tertiary alicyclic amines) is 1. The number of carbonyl (C=O) groups excluding carboxylic acids is 5. The highest BCUT2D eigenvalue weighted by Gasteiger charge is 2.53. The molecule has 1 aliphatic carbocycles. The van der Waals surface area contributed by atoms with Crippen molar-refractivity contribution in [1.29, 1.82) is 0 Å². The Bertz CT molecular complexity index is 1000. The van der Waals surface area contributed by atoms with Crippen molar-refractivity contribution in [3.8, 4) is 0 Å². The van der Waals surface area contributed by atoms with Gasteiger partial charge in [-0.2, -0.15) is 13.2 Å². The van der Waals surface area contributed by atoms with E-state index >= 15 is 0 Å². The largest absolute Gasteiger partial charge is 0.522 e. The number of ketones is 1. The van der Waals surface area contributed by atoms with Crippen molar-refractivity contribution in [2.24, 2.45) is 17.8 Å². The first kappa shape index (κ1) is 30.6. The summed E-state index contributed by atoms with van der Waals surface area (Å²) in [5.41, 5.74) is -2.75. The zero-order valence-corrected chi connectivity index (χ0v) is 21.2. The second-order valence-electron chi connectivity index (χ2n) is 10.6.